The van der Waals surface area contributed by atoms with Gasteiger partial charge in [0.15, 0.2) is 17.3 Å². The topological polar surface area (TPSA) is 48.6 Å². The molecule has 0 aliphatic carbocycles. The molecule has 5 nitrogen and oxygen atoms in total. The SMILES string of the molecule is COc1cccc(/C=N/c2cc(C(C)(C)C)nn2-c2ccccc2)c1OC. The maximum absolute atomic E-state index is 5.49. The third-order valence-electron chi connectivity index (χ3n) is 4.23. The van der Waals surface area contributed by atoms with Crippen LogP contribution in [-0.4, -0.2) is 30.2 Å². The molecule has 0 radical (unpaired) electrons. The van der Waals surface area contributed by atoms with Gasteiger partial charge in [0.1, 0.15) is 0 Å². The number of benzene rings is 2. The summed E-state index contributed by atoms with van der Waals surface area (Å²) >= 11 is 0. The Hall–Kier alpha value is -3.08. The van der Waals surface area contributed by atoms with Crippen molar-refractivity contribution >= 4 is 12.0 Å². The first-order valence-corrected chi connectivity index (χ1v) is 8.85. The lowest BCUT2D eigenvalue weighted by Crippen LogP contribution is -2.12. The lowest BCUT2D eigenvalue weighted by Gasteiger charge is -2.14. The van der Waals surface area contributed by atoms with Crippen LogP contribution in [0.5, 0.6) is 11.5 Å². The number of nitrogens with zero attached hydrogens (tertiary/aromatic N) is 3. The lowest BCUT2D eigenvalue weighted by atomic mass is 9.92. The van der Waals surface area contributed by atoms with Gasteiger partial charge in [-0.3, -0.25) is 0 Å². The minimum atomic E-state index is -0.0715. The molecule has 0 aliphatic rings. The molecule has 1 heterocycles. The minimum Gasteiger partial charge on any atom is -0.493 e. The van der Waals surface area contributed by atoms with Gasteiger partial charge < -0.3 is 9.47 Å². The molecule has 27 heavy (non-hydrogen) atoms. The van der Waals surface area contributed by atoms with Crippen LogP contribution in [0.4, 0.5) is 5.82 Å². The van der Waals surface area contributed by atoms with Gasteiger partial charge in [-0.2, -0.15) is 5.10 Å². The van der Waals surface area contributed by atoms with Gasteiger partial charge >= 0.3 is 0 Å². The molecule has 3 aromatic rings. The van der Waals surface area contributed by atoms with Crippen molar-refractivity contribution in [1.29, 1.82) is 0 Å². The predicted molar refractivity (Wildman–Crippen MR) is 109 cm³/mol. The second-order valence-electron chi connectivity index (χ2n) is 7.23. The van der Waals surface area contributed by atoms with E-state index in [1.165, 1.54) is 0 Å². The van der Waals surface area contributed by atoms with Gasteiger partial charge in [-0.05, 0) is 24.3 Å². The van der Waals surface area contributed by atoms with Crippen molar-refractivity contribution in [1.82, 2.24) is 9.78 Å². The third-order valence-corrected chi connectivity index (χ3v) is 4.23. The Morgan fingerprint density at radius 3 is 2.33 bits per heavy atom. The predicted octanol–water partition coefficient (Wildman–Crippen LogP) is 4.94. The number of aliphatic imine (C=N–C) groups is 1. The zero-order chi connectivity index (χ0) is 19.4. The summed E-state index contributed by atoms with van der Waals surface area (Å²) in [6.45, 7) is 6.43. The number of ether oxygens (including phenoxy) is 2. The number of hydrogen-bond donors (Lipinski definition) is 0. The molecule has 0 unspecified atom stereocenters. The Bertz CT molecular complexity index is 938. The summed E-state index contributed by atoms with van der Waals surface area (Å²) in [5.74, 6) is 2.09. The average molecular weight is 363 g/mol. The summed E-state index contributed by atoms with van der Waals surface area (Å²) in [6.07, 6.45) is 1.78. The van der Waals surface area contributed by atoms with Crippen molar-refractivity contribution in [3.8, 4) is 17.2 Å². The van der Waals surface area contributed by atoms with E-state index in [4.69, 9.17) is 19.6 Å². The molecule has 0 saturated carbocycles. The van der Waals surface area contributed by atoms with Crippen molar-refractivity contribution in [3.63, 3.8) is 0 Å². The molecule has 0 N–H and O–H groups in total. The van der Waals surface area contributed by atoms with Crippen molar-refractivity contribution in [2.24, 2.45) is 4.99 Å². The Kier molecular flexibility index (Phi) is 5.31. The van der Waals surface area contributed by atoms with E-state index in [1.54, 1.807) is 20.4 Å². The smallest absolute Gasteiger partial charge is 0.169 e. The number of hydrogen-bond acceptors (Lipinski definition) is 4. The summed E-state index contributed by atoms with van der Waals surface area (Å²) in [4.78, 5) is 4.71. The Morgan fingerprint density at radius 1 is 0.963 bits per heavy atom. The van der Waals surface area contributed by atoms with Crippen molar-refractivity contribution in [2.75, 3.05) is 14.2 Å². The van der Waals surface area contributed by atoms with Gasteiger partial charge in [-0.1, -0.05) is 45.0 Å². The second-order valence-corrected chi connectivity index (χ2v) is 7.23. The molecule has 0 fully saturated rings. The second kappa shape index (κ2) is 7.66. The van der Waals surface area contributed by atoms with E-state index in [9.17, 15) is 0 Å². The van der Waals surface area contributed by atoms with Crippen molar-refractivity contribution in [2.45, 2.75) is 26.2 Å². The van der Waals surface area contributed by atoms with Crippen LogP contribution in [0.1, 0.15) is 32.0 Å². The maximum atomic E-state index is 5.49. The molecular formula is C22H25N3O2. The van der Waals surface area contributed by atoms with Crippen LogP contribution in [0.25, 0.3) is 5.69 Å². The van der Waals surface area contributed by atoms with Gasteiger partial charge in [-0.25, -0.2) is 9.67 Å². The van der Waals surface area contributed by atoms with E-state index >= 15 is 0 Å². The molecule has 0 amide bonds. The molecule has 0 atom stereocenters. The van der Waals surface area contributed by atoms with Gasteiger partial charge in [0.05, 0.1) is 25.6 Å². The fraction of sp³-hybridized carbons (Fsp3) is 0.273. The number of rotatable bonds is 5. The average Bonchev–Trinajstić information content (AvgIpc) is 3.11. The van der Waals surface area contributed by atoms with Crippen LogP contribution in [0.2, 0.25) is 0 Å². The molecule has 0 saturated heterocycles. The standard InChI is InChI=1S/C22H25N3O2/c1-22(2,3)19-14-20(25(24-19)17-11-7-6-8-12-17)23-15-16-10-9-13-18(26-4)21(16)27-5/h6-15H,1-5H3/b23-15+. The van der Waals surface area contributed by atoms with Crippen LogP contribution >= 0.6 is 0 Å². The molecule has 0 spiro atoms. The van der Waals surface area contributed by atoms with E-state index in [1.807, 2.05) is 59.3 Å². The highest BCUT2D eigenvalue weighted by atomic mass is 16.5. The Balaban J connectivity index is 2.07. The third kappa shape index (κ3) is 4.03. The molecule has 3 rings (SSSR count). The van der Waals surface area contributed by atoms with Gasteiger partial charge in [0.25, 0.3) is 0 Å². The van der Waals surface area contributed by atoms with E-state index in [0.29, 0.717) is 11.5 Å². The minimum absolute atomic E-state index is 0.0715. The van der Waals surface area contributed by atoms with Crippen LogP contribution in [0.15, 0.2) is 59.6 Å². The first-order valence-electron chi connectivity index (χ1n) is 8.85. The summed E-state index contributed by atoms with van der Waals surface area (Å²) < 4.78 is 12.7. The maximum Gasteiger partial charge on any atom is 0.169 e. The number of aromatic nitrogens is 2. The fourth-order valence-electron chi connectivity index (χ4n) is 2.74. The van der Waals surface area contributed by atoms with E-state index in [-0.39, 0.29) is 5.41 Å². The zero-order valence-electron chi connectivity index (χ0n) is 16.4. The highest BCUT2D eigenvalue weighted by molar-refractivity contribution is 5.86. The largest absolute Gasteiger partial charge is 0.493 e. The molecule has 1 aromatic heterocycles. The van der Waals surface area contributed by atoms with Crippen molar-refractivity contribution in [3.05, 3.63) is 65.9 Å². The van der Waals surface area contributed by atoms with E-state index in [2.05, 4.69) is 20.8 Å². The highest BCUT2D eigenvalue weighted by Crippen LogP contribution is 2.31. The Morgan fingerprint density at radius 2 is 1.70 bits per heavy atom. The summed E-state index contributed by atoms with van der Waals surface area (Å²) in [6, 6.07) is 17.8. The fourth-order valence-corrected chi connectivity index (χ4v) is 2.74. The normalized spacial score (nSPS) is 11.7. The monoisotopic (exact) mass is 363 g/mol. The molecule has 5 heteroatoms. The Labute approximate surface area is 160 Å². The molecular weight excluding hydrogens is 338 g/mol. The molecule has 0 aliphatic heterocycles. The van der Waals surface area contributed by atoms with Crippen LogP contribution in [-0.2, 0) is 5.41 Å². The number of methoxy groups -OCH3 is 2. The van der Waals surface area contributed by atoms with Crippen molar-refractivity contribution < 1.29 is 9.47 Å². The first kappa shape index (κ1) is 18.7. The number of para-hydroxylation sites is 2. The summed E-state index contributed by atoms with van der Waals surface area (Å²) in [5.41, 5.74) is 2.72. The summed E-state index contributed by atoms with van der Waals surface area (Å²) in [5, 5.41) is 4.79. The quantitative estimate of drug-likeness (QED) is 0.603. The highest BCUT2D eigenvalue weighted by Gasteiger charge is 2.20. The van der Waals surface area contributed by atoms with Gasteiger partial charge in [0.2, 0.25) is 0 Å². The van der Waals surface area contributed by atoms with E-state index in [0.717, 1.165) is 22.8 Å². The molecule has 2 aromatic carbocycles. The zero-order valence-corrected chi connectivity index (χ0v) is 16.4. The van der Waals surface area contributed by atoms with Gasteiger partial charge in [0, 0.05) is 23.3 Å². The molecule has 0 bridgehead atoms. The lowest BCUT2D eigenvalue weighted by molar-refractivity contribution is 0.354. The summed E-state index contributed by atoms with van der Waals surface area (Å²) in [7, 11) is 3.25. The molecule has 140 valence electrons. The first-order chi connectivity index (χ1) is 12.9. The van der Waals surface area contributed by atoms with Crippen LogP contribution in [0.3, 0.4) is 0 Å². The van der Waals surface area contributed by atoms with Crippen LogP contribution in [0, 0.1) is 0 Å². The van der Waals surface area contributed by atoms with Crippen LogP contribution < -0.4 is 9.47 Å². The van der Waals surface area contributed by atoms with E-state index < -0.39 is 0 Å². The van der Waals surface area contributed by atoms with Gasteiger partial charge in [-0.15, -0.1) is 0 Å².